The number of nitrogens with one attached hydrogen (secondary N) is 1. The second-order valence-corrected chi connectivity index (χ2v) is 8.56. The van der Waals surface area contributed by atoms with Crippen molar-refractivity contribution in [3.63, 3.8) is 0 Å². The molecule has 4 aliphatic carbocycles. The molecule has 1 aromatic carbocycles. The van der Waals surface area contributed by atoms with E-state index in [0.717, 1.165) is 29.5 Å². The monoisotopic (exact) mass is 424 g/mol. The first-order valence-electron chi connectivity index (χ1n) is 9.37. The third-order valence-corrected chi connectivity index (χ3v) is 6.95. The van der Waals surface area contributed by atoms with Crippen molar-refractivity contribution in [1.82, 2.24) is 4.90 Å². The Bertz CT molecular complexity index is 940. The summed E-state index contributed by atoms with van der Waals surface area (Å²) in [5.74, 6) is -1.38. The Morgan fingerprint density at radius 3 is 2.24 bits per heavy atom. The van der Waals surface area contributed by atoms with E-state index < -0.39 is 36.0 Å². The van der Waals surface area contributed by atoms with Crippen molar-refractivity contribution < 1.29 is 27.6 Å². The van der Waals surface area contributed by atoms with Gasteiger partial charge in [0.1, 0.15) is 6.54 Å². The van der Waals surface area contributed by atoms with Gasteiger partial charge in [-0.2, -0.15) is 13.2 Å². The summed E-state index contributed by atoms with van der Waals surface area (Å²) in [6.07, 6.45) is 0.493. The number of carbonyl (C=O) groups is 3. The maximum Gasteiger partial charge on any atom is 0.416 e. The minimum Gasteiger partial charge on any atom is -0.323 e. The molecule has 6 rings (SSSR count). The van der Waals surface area contributed by atoms with Crippen molar-refractivity contribution in [2.24, 2.45) is 35.5 Å². The quantitative estimate of drug-likeness (QED) is 0.597. The molecule has 1 heterocycles. The minimum atomic E-state index is -4.59. The molecule has 3 fully saturated rings. The van der Waals surface area contributed by atoms with Gasteiger partial charge < -0.3 is 5.32 Å². The Labute approximate surface area is 168 Å². The maximum atomic E-state index is 12.9. The number of rotatable bonds is 3. The van der Waals surface area contributed by atoms with Crippen LogP contribution in [0.1, 0.15) is 12.0 Å². The molecule has 0 spiro atoms. The average molecular weight is 425 g/mol. The summed E-state index contributed by atoms with van der Waals surface area (Å²) in [7, 11) is 0. The molecule has 1 aromatic rings. The van der Waals surface area contributed by atoms with Crippen LogP contribution in [-0.4, -0.2) is 29.2 Å². The number of halogens is 4. The van der Waals surface area contributed by atoms with E-state index in [2.05, 4.69) is 5.32 Å². The molecule has 9 heteroatoms. The molecule has 6 atom stereocenters. The maximum absolute atomic E-state index is 12.9. The van der Waals surface area contributed by atoms with E-state index >= 15 is 0 Å². The standard InChI is InChI=1S/C20H16ClF3N2O3/c21-13-4-1-8(20(22,23)24)5-14(13)25-15(27)7-26-18(28)16-9-2-3-10(12-6-11(9)12)17(16)19(26)29/h1-5,9-12,16-17H,6-7H2,(H,25,27). The number of hydrogen-bond donors (Lipinski definition) is 1. The summed E-state index contributed by atoms with van der Waals surface area (Å²) < 4.78 is 38.7. The van der Waals surface area contributed by atoms with Crippen LogP contribution in [0.2, 0.25) is 5.02 Å². The van der Waals surface area contributed by atoms with E-state index in [0.29, 0.717) is 11.8 Å². The Morgan fingerprint density at radius 2 is 1.69 bits per heavy atom. The lowest BCUT2D eigenvalue weighted by molar-refractivity contribution is -0.143. The normalized spacial score (nSPS) is 34.3. The summed E-state index contributed by atoms with van der Waals surface area (Å²) in [4.78, 5) is 39.1. The molecule has 3 amide bonds. The highest BCUT2D eigenvalue weighted by atomic mass is 35.5. The van der Waals surface area contributed by atoms with E-state index in [9.17, 15) is 27.6 Å². The lowest BCUT2D eigenvalue weighted by Gasteiger charge is -2.37. The van der Waals surface area contributed by atoms with Gasteiger partial charge in [-0.25, -0.2) is 0 Å². The molecule has 5 aliphatic rings. The van der Waals surface area contributed by atoms with Gasteiger partial charge in [-0.15, -0.1) is 0 Å². The Balaban J connectivity index is 1.32. The summed E-state index contributed by atoms with van der Waals surface area (Å²) in [6, 6.07) is 2.58. The third kappa shape index (κ3) is 2.79. The smallest absolute Gasteiger partial charge is 0.323 e. The van der Waals surface area contributed by atoms with Crippen molar-refractivity contribution in [2.45, 2.75) is 12.6 Å². The molecule has 29 heavy (non-hydrogen) atoms. The van der Waals surface area contributed by atoms with E-state index in [1.807, 2.05) is 12.2 Å². The van der Waals surface area contributed by atoms with Gasteiger partial charge in [0.2, 0.25) is 17.7 Å². The number of carbonyl (C=O) groups excluding carboxylic acids is 3. The molecule has 0 aromatic heterocycles. The highest BCUT2D eigenvalue weighted by molar-refractivity contribution is 6.33. The van der Waals surface area contributed by atoms with Gasteiger partial charge in [-0.3, -0.25) is 19.3 Å². The van der Waals surface area contributed by atoms with Gasteiger partial charge in [-0.1, -0.05) is 23.8 Å². The third-order valence-electron chi connectivity index (χ3n) is 6.62. The first-order valence-corrected chi connectivity index (χ1v) is 9.75. The molecule has 1 aliphatic heterocycles. The zero-order valence-corrected chi connectivity index (χ0v) is 15.7. The van der Waals surface area contributed by atoms with Crippen LogP contribution in [-0.2, 0) is 20.6 Å². The topological polar surface area (TPSA) is 66.5 Å². The molecule has 2 saturated carbocycles. The van der Waals surface area contributed by atoms with Crippen molar-refractivity contribution in [3.05, 3.63) is 40.9 Å². The molecular formula is C20H16ClF3N2O3. The van der Waals surface area contributed by atoms with Gasteiger partial charge in [0, 0.05) is 0 Å². The van der Waals surface area contributed by atoms with Crippen LogP contribution in [0.15, 0.2) is 30.4 Å². The fourth-order valence-corrected chi connectivity index (χ4v) is 5.47. The number of allylic oxidation sites excluding steroid dienone is 2. The summed E-state index contributed by atoms with van der Waals surface area (Å²) in [5, 5.41) is 2.23. The Morgan fingerprint density at radius 1 is 1.10 bits per heavy atom. The lowest BCUT2D eigenvalue weighted by Crippen LogP contribution is -2.40. The predicted octanol–water partition coefficient (Wildman–Crippen LogP) is 3.35. The van der Waals surface area contributed by atoms with E-state index in [4.69, 9.17) is 11.6 Å². The van der Waals surface area contributed by atoms with Gasteiger partial charge in [0.25, 0.3) is 0 Å². The van der Waals surface area contributed by atoms with Gasteiger partial charge in [-0.05, 0) is 48.3 Å². The van der Waals surface area contributed by atoms with E-state index in [1.165, 1.54) is 0 Å². The van der Waals surface area contributed by atoms with E-state index in [-0.39, 0.29) is 34.4 Å². The van der Waals surface area contributed by atoms with Gasteiger partial charge >= 0.3 is 6.18 Å². The first kappa shape index (κ1) is 18.7. The second-order valence-electron chi connectivity index (χ2n) is 8.16. The molecule has 5 nitrogen and oxygen atoms in total. The Hall–Kier alpha value is -2.35. The summed E-state index contributed by atoms with van der Waals surface area (Å²) >= 11 is 5.89. The van der Waals surface area contributed by atoms with Crippen LogP contribution in [0.3, 0.4) is 0 Å². The number of anilines is 1. The lowest BCUT2D eigenvalue weighted by atomic mass is 9.63. The highest BCUT2D eigenvalue weighted by Gasteiger charge is 2.67. The average Bonchev–Trinajstić information content (AvgIpc) is 3.44. The number of amides is 3. The molecule has 1 saturated heterocycles. The number of hydrogen-bond acceptors (Lipinski definition) is 3. The summed E-state index contributed by atoms with van der Waals surface area (Å²) in [5.41, 5.74) is -1.18. The van der Waals surface area contributed by atoms with Crippen LogP contribution >= 0.6 is 11.6 Å². The second kappa shape index (κ2) is 6.08. The van der Waals surface area contributed by atoms with Crippen molar-refractivity contribution in [1.29, 1.82) is 0 Å². The number of imide groups is 1. The Kier molecular flexibility index (Phi) is 3.91. The fourth-order valence-electron chi connectivity index (χ4n) is 5.31. The molecule has 2 bridgehead atoms. The van der Waals surface area contributed by atoms with Crippen molar-refractivity contribution in [3.8, 4) is 0 Å². The largest absolute Gasteiger partial charge is 0.416 e. The number of benzene rings is 1. The molecular weight excluding hydrogens is 409 g/mol. The zero-order chi connectivity index (χ0) is 20.7. The van der Waals surface area contributed by atoms with Crippen LogP contribution in [0, 0.1) is 35.5 Å². The summed E-state index contributed by atoms with van der Waals surface area (Å²) in [6.45, 7) is -0.536. The van der Waals surface area contributed by atoms with Crippen molar-refractivity contribution in [2.75, 3.05) is 11.9 Å². The molecule has 6 unspecified atom stereocenters. The highest BCUT2D eigenvalue weighted by Crippen LogP contribution is 2.65. The molecule has 1 N–H and O–H groups in total. The number of nitrogens with zero attached hydrogens (tertiary/aromatic N) is 1. The number of likely N-dealkylation sites (tertiary alicyclic amines) is 1. The molecule has 152 valence electrons. The predicted molar refractivity (Wildman–Crippen MR) is 96.5 cm³/mol. The SMILES string of the molecule is O=C(CN1C(=O)C2C3C=CC(C4CC34)C2C1=O)Nc1cc(C(F)(F)F)ccc1Cl. The molecule has 0 radical (unpaired) electrons. The van der Waals surface area contributed by atoms with Crippen LogP contribution in [0.4, 0.5) is 18.9 Å². The van der Waals surface area contributed by atoms with Crippen LogP contribution in [0.5, 0.6) is 0 Å². The minimum absolute atomic E-state index is 0.0393. The van der Waals surface area contributed by atoms with Crippen molar-refractivity contribution >= 4 is 35.0 Å². The fraction of sp³-hybridized carbons (Fsp3) is 0.450. The van der Waals surface area contributed by atoms with Gasteiger partial charge in [0.05, 0.1) is 28.1 Å². The van der Waals surface area contributed by atoms with Gasteiger partial charge in [0.15, 0.2) is 0 Å². The van der Waals surface area contributed by atoms with Crippen LogP contribution < -0.4 is 5.32 Å². The van der Waals surface area contributed by atoms with Crippen LogP contribution in [0.25, 0.3) is 0 Å². The van der Waals surface area contributed by atoms with E-state index in [1.54, 1.807) is 0 Å². The zero-order valence-electron chi connectivity index (χ0n) is 14.9. The first-order chi connectivity index (χ1) is 13.7. The number of alkyl halides is 3.